The third-order valence-corrected chi connectivity index (χ3v) is 3.09. The number of nitrogens with one attached hydrogen (secondary N) is 1. The van der Waals surface area contributed by atoms with E-state index in [4.69, 9.17) is 0 Å². The molecule has 4 nitrogen and oxygen atoms in total. The van der Waals surface area contributed by atoms with Gasteiger partial charge in [0, 0.05) is 16.7 Å². The van der Waals surface area contributed by atoms with Crippen LogP contribution in [0, 0.1) is 0 Å². The lowest BCUT2D eigenvalue weighted by atomic mass is 10.2. The molecule has 0 atom stereocenters. The largest absolute Gasteiger partial charge is 0.349 e. The molecule has 2 aromatic heterocycles. The number of halogens is 1. The third-order valence-electron chi connectivity index (χ3n) is 2.62. The van der Waals surface area contributed by atoms with Gasteiger partial charge in [-0.2, -0.15) is 0 Å². The van der Waals surface area contributed by atoms with E-state index in [-0.39, 0.29) is 11.9 Å². The van der Waals surface area contributed by atoms with Crippen LogP contribution in [0.1, 0.15) is 37.0 Å². The predicted molar refractivity (Wildman–Crippen MR) is 74.9 cm³/mol. The van der Waals surface area contributed by atoms with Crippen molar-refractivity contribution in [1.29, 1.82) is 0 Å². The number of nitrogens with zero attached hydrogens (tertiary/aromatic N) is 2. The summed E-state index contributed by atoms with van der Waals surface area (Å²) in [6, 6.07) is 3.93. The highest BCUT2D eigenvalue weighted by atomic mass is 79.9. The molecule has 18 heavy (non-hydrogen) atoms. The zero-order chi connectivity index (χ0) is 13.3. The minimum Gasteiger partial charge on any atom is -0.349 e. The summed E-state index contributed by atoms with van der Waals surface area (Å²) in [5.74, 6) is -0.0764. The van der Waals surface area contributed by atoms with Gasteiger partial charge in [0.25, 0.3) is 5.91 Å². The lowest BCUT2D eigenvalue weighted by Crippen LogP contribution is -2.31. The second kappa shape index (κ2) is 5.10. The summed E-state index contributed by atoms with van der Waals surface area (Å²) < 4.78 is 2.76. The maximum absolute atomic E-state index is 12.2. The SMILES string of the molecule is CCc1nc2ccc(Br)cn2c1C(=O)NC(C)C. The molecule has 1 amide bonds. The number of imidazole rings is 1. The van der Waals surface area contributed by atoms with Gasteiger partial charge in [0.1, 0.15) is 11.3 Å². The first kappa shape index (κ1) is 13.1. The molecule has 0 saturated carbocycles. The van der Waals surface area contributed by atoms with Crippen LogP contribution in [0.2, 0.25) is 0 Å². The summed E-state index contributed by atoms with van der Waals surface area (Å²) in [5, 5.41) is 2.92. The highest BCUT2D eigenvalue weighted by Gasteiger charge is 2.18. The van der Waals surface area contributed by atoms with Gasteiger partial charge in [-0.1, -0.05) is 6.92 Å². The lowest BCUT2D eigenvalue weighted by Gasteiger charge is -2.09. The van der Waals surface area contributed by atoms with Crippen molar-refractivity contribution < 1.29 is 4.79 Å². The zero-order valence-corrected chi connectivity index (χ0v) is 12.3. The van der Waals surface area contributed by atoms with E-state index < -0.39 is 0 Å². The van der Waals surface area contributed by atoms with Crippen LogP contribution in [0.15, 0.2) is 22.8 Å². The summed E-state index contributed by atoms with van der Waals surface area (Å²) in [5.41, 5.74) is 2.25. The normalized spacial score (nSPS) is 11.2. The van der Waals surface area contributed by atoms with Gasteiger partial charge in [0.05, 0.1) is 5.69 Å². The number of carbonyl (C=O) groups excluding carboxylic acids is 1. The van der Waals surface area contributed by atoms with Crippen molar-refractivity contribution in [2.75, 3.05) is 0 Å². The molecule has 0 radical (unpaired) electrons. The summed E-state index contributed by atoms with van der Waals surface area (Å²) in [7, 11) is 0. The fraction of sp³-hybridized carbons (Fsp3) is 0.385. The Balaban J connectivity index is 2.58. The Labute approximate surface area is 115 Å². The van der Waals surface area contributed by atoms with Gasteiger partial charge in [-0.25, -0.2) is 4.98 Å². The molecular formula is C13H16BrN3O. The van der Waals surface area contributed by atoms with E-state index >= 15 is 0 Å². The number of aryl methyl sites for hydroxylation is 1. The van der Waals surface area contributed by atoms with Gasteiger partial charge in [-0.15, -0.1) is 0 Å². The Morgan fingerprint density at radius 3 is 2.83 bits per heavy atom. The van der Waals surface area contributed by atoms with Crippen LogP contribution in [0.5, 0.6) is 0 Å². The number of carbonyl (C=O) groups is 1. The fourth-order valence-corrected chi connectivity index (χ4v) is 2.22. The Bertz CT molecular complexity index is 589. The van der Waals surface area contributed by atoms with Gasteiger partial charge in [-0.05, 0) is 48.3 Å². The third kappa shape index (κ3) is 2.41. The minimum atomic E-state index is -0.0764. The number of rotatable bonds is 3. The van der Waals surface area contributed by atoms with Crippen LogP contribution in [-0.2, 0) is 6.42 Å². The van der Waals surface area contributed by atoms with Crippen molar-refractivity contribution in [3.05, 3.63) is 34.2 Å². The summed E-state index contributed by atoms with van der Waals surface area (Å²) in [4.78, 5) is 16.7. The predicted octanol–water partition coefficient (Wildman–Crippen LogP) is 2.80. The first-order valence-electron chi connectivity index (χ1n) is 6.00. The number of aromatic nitrogens is 2. The average Bonchev–Trinajstić information content (AvgIpc) is 2.65. The molecule has 2 rings (SSSR count). The number of fused-ring (bicyclic) bond motifs is 1. The van der Waals surface area contributed by atoms with Crippen molar-refractivity contribution >= 4 is 27.5 Å². The number of hydrogen-bond donors (Lipinski definition) is 1. The minimum absolute atomic E-state index is 0.0764. The molecule has 0 fully saturated rings. The first-order valence-corrected chi connectivity index (χ1v) is 6.79. The van der Waals surface area contributed by atoms with Crippen LogP contribution in [-0.4, -0.2) is 21.3 Å². The van der Waals surface area contributed by atoms with Gasteiger partial charge < -0.3 is 5.32 Å². The van der Waals surface area contributed by atoms with Crippen molar-refractivity contribution in [2.45, 2.75) is 33.2 Å². The summed E-state index contributed by atoms with van der Waals surface area (Å²) in [6.07, 6.45) is 2.61. The van der Waals surface area contributed by atoms with E-state index in [9.17, 15) is 4.79 Å². The number of amides is 1. The van der Waals surface area contributed by atoms with E-state index in [1.807, 2.05) is 43.5 Å². The van der Waals surface area contributed by atoms with Crippen molar-refractivity contribution in [1.82, 2.24) is 14.7 Å². The van der Waals surface area contributed by atoms with Gasteiger partial charge >= 0.3 is 0 Å². The molecule has 0 unspecified atom stereocenters. The first-order chi connectivity index (χ1) is 8.52. The zero-order valence-electron chi connectivity index (χ0n) is 10.7. The second-order valence-electron chi connectivity index (χ2n) is 4.46. The molecule has 5 heteroatoms. The molecular weight excluding hydrogens is 294 g/mol. The molecule has 0 aromatic carbocycles. The maximum Gasteiger partial charge on any atom is 0.270 e. The molecule has 0 aliphatic carbocycles. The van der Waals surface area contributed by atoms with Crippen LogP contribution in [0.25, 0.3) is 5.65 Å². The van der Waals surface area contributed by atoms with E-state index in [1.165, 1.54) is 0 Å². The highest BCUT2D eigenvalue weighted by Crippen LogP contribution is 2.17. The second-order valence-corrected chi connectivity index (χ2v) is 5.38. The number of pyridine rings is 1. The standard InChI is InChI=1S/C13H16BrN3O/c1-4-10-12(13(18)15-8(2)3)17-7-9(14)5-6-11(17)16-10/h5-8H,4H2,1-3H3,(H,15,18). The summed E-state index contributed by atoms with van der Waals surface area (Å²) in [6.45, 7) is 5.90. The molecule has 0 bridgehead atoms. The number of hydrogen-bond acceptors (Lipinski definition) is 2. The molecule has 2 aromatic rings. The molecule has 0 aliphatic rings. The van der Waals surface area contributed by atoms with Crippen molar-refractivity contribution in [3.8, 4) is 0 Å². The Kier molecular flexibility index (Phi) is 3.71. The average molecular weight is 310 g/mol. The fourth-order valence-electron chi connectivity index (χ4n) is 1.88. The van der Waals surface area contributed by atoms with E-state index in [2.05, 4.69) is 26.2 Å². The van der Waals surface area contributed by atoms with Crippen LogP contribution < -0.4 is 5.32 Å². The molecule has 96 valence electrons. The molecule has 0 saturated heterocycles. The van der Waals surface area contributed by atoms with E-state index in [0.29, 0.717) is 5.69 Å². The Morgan fingerprint density at radius 2 is 2.22 bits per heavy atom. The van der Waals surface area contributed by atoms with Gasteiger partial charge in [-0.3, -0.25) is 9.20 Å². The van der Waals surface area contributed by atoms with Crippen molar-refractivity contribution in [3.63, 3.8) is 0 Å². The molecule has 0 spiro atoms. The van der Waals surface area contributed by atoms with Crippen LogP contribution in [0.4, 0.5) is 0 Å². The lowest BCUT2D eigenvalue weighted by molar-refractivity contribution is 0.0936. The molecule has 1 N–H and O–H groups in total. The maximum atomic E-state index is 12.2. The van der Waals surface area contributed by atoms with Crippen molar-refractivity contribution in [2.24, 2.45) is 0 Å². The molecule has 0 aliphatic heterocycles. The van der Waals surface area contributed by atoms with Crippen LogP contribution >= 0.6 is 15.9 Å². The van der Waals surface area contributed by atoms with Gasteiger partial charge in [0.15, 0.2) is 0 Å². The molecule has 2 heterocycles. The Morgan fingerprint density at radius 1 is 1.50 bits per heavy atom. The van der Waals surface area contributed by atoms with E-state index in [1.54, 1.807) is 0 Å². The Hall–Kier alpha value is -1.36. The summed E-state index contributed by atoms with van der Waals surface area (Å²) >= 11 is 3.42. The monoisotopic (exact) mass is 309 g/mol. The van der Waals surface area contributed by atoms with Gasteiger partial charge in [0.2, 0.25) is 0 Å². The topological polar surface area (TPSA) is 46.4 Å². The van der Waals surface area contributed by atoms with Crippen LogP contribution in [0.3, 0.4) is 0 Å². The van der Waals surface area contributed by atoms with E-state index in [0.717, 1.165) is 22.2 Å². The highest BCUT2D eigenvalue weighted by molar-refractivity contribution is 9.10. The smallest absolute Gasteiger partial charge is 0.270 e. The quantitative estimate of drug-likeness (QED) is 0.947.